The number of hydrogen-bond donors (Lipinski definition) is 20. The molecule has 0 saturated carbocycles. The first kappa shape index (κ1) is 67.3. The van der Waals surface area contributed by atoms with E-state index in [1.807, 2.05) is 0 Å². The highest BCUT2D eigenvalue weighted by molar-refractivity contribution is 7.99. The molecule has 0 aromatic heterocycles. The zero-order chi connectivity index (χ0) is 59.6. The molecule has 0 aliphatic carbocycles. The molecule has 0 spiro atoms. The van der Waals surface area contributed by atoms with Crippen LogP contribution in [0.1, 0.15) is 6.92 Å². The molecule has 21 fully saturated rings. The fraction of sp³-hybridized carbons (Fsp3) is 1.00. The van der Waals surface area contributed by atoms with E-state index in [9.17, 15) is 97.0 Å². The average molecular weight is 1240 g/mol. The first-order valence-corrected chi connectivity index (χ1v) is 29.1. The average Bonchev–Trinajstić information content (AvgIpc) is 3.25. The molecule has 21 rings (SSSR count). The summed E-state index contributed by atoms with van der Waals surface area (Å²) in [5.41, 5.74) is 5.71. The Morgan fingerprint density at radius 3 is 0.634 bits per heavy atom. The van der Waals surface area contributed by atoms with Crippen LogP contribution in [0.15, 0.2) is 0 Å². The number of thioether (sulfide) groups is 2. The molecule has 36 heteroatoms. The van der Waals surface area contributed by atoms with Crippen LogP contribution in [0.3, 0.4) is 0 Å². The molecule has 0 radical (unpaired) electrons. The standard InChI is InChI=1S/C46H79NO33S2/c1-2-81-10-17-38-24(58)31(65)45(72-17)77-36-15(8-51)68-41(27(61)20(36)54)74-33-12(5-48)67-40(26(60)19(33)53)75-35-14(7-50)71-44(30(64)23(35)57)80-39-18(11-82-4-3-47)73-46(32(66)25(39)59)78-37-16(9-52)69-42(28(62)21(37)55)76-34-13(6-49)70-43(79-38)29(63)22(34)56/h12-46,48-66H,2-11,47H2,1H3. The molecule has 0 aromatic carbocycles. The fourth-order valence-electron chi connectivity index (χ4n) is 10.9. The van der Waals surface area contributed by atoms with Crippen molar-refractivity contribution in [3.8, 4) is 0 Å². The SMILES string of the molecule is CCSCC1OC2OC3C(CO)OC(OC4C(CO)OC(OC5C(CO)OC(OC6C(CSCCN)OC(OC7C(CO)OC(OC8C(CO)OC(OC1C(O)C2O)C(O)C8O)C(O)C7O)C(O)C6O)C(O)C5O)C(O)C4O)C(O)C3O. The molecule has 35 unspecified atom stereocenters. The normalized spacial score (nSPS) is 52.7. The Bertz CT molecular complexity index is 1930. The first-order valence-electron chi connectivity index (χ1n) is 26.8. The number of rotatable bonds is 12. The van der Waals surface area contributed by atoms with E-state index in [0.29, 0.717) is 11.5 Å². The van der Waals surface area contributed by atoms with Gasteiger partial charge in [-0.3, -0.25) is 0 Å². The van der Waals surface area contributed by atoms with Gasteiger partial charge in [-0.15, -0.1) is 0 Å². The van der Waals surface area contributed by atoms with Crippen molar-refractivity contribution in [2.75, 3.05) is 62.6 Å². The minimum atomic E-state index is -2.17. The van der Waals surface area contributed by atoms with Crippen LogP contribution in [0.5, 0.6) is 0 Å². The van der Waals surface area contributed by atoms with Gasteiger partial charge in [0.1, 0.15) is 159 Å². The van der Waals surface area contributed by atoms with Gasteiger partial charge < -0.3 is 169 Å². The summed E-state index contributed by atoms with van der Waals surface area (Å²) in [6.07, 6.45) is -66.8. The van der Waals surface area contributed by atoms with Gasteiger partial charge in [-0.1, -0.05) is 6.92 Å². The minimum Gasteiger partial charge on any atom is -0.394 e. The Morgan fingerprint density at radius 2 is 0.451 bits per heavy atom. The fourth-order valence-corrected chi connectivity index (χ4v) is 12.5. The maximum absolute atomic E-state index is 11.7. The second kappa shape index (κ2) is 29.8. The largest absolute Gasteiger partial charge is 0.394 e. The van der Waals surface area contributed by atoms with E-state index in [0.717, 1.165) is 11.8 Å². The van der Waals surface area contributed by atoms with E-state index < -0.39 is 248 Å². The second-order valence-corrected chi connectivity index (χ2v) is 23.3. The summed E-state index contributed by atoms with van der Waals surface area (Å²) in [4.78, 5) is 0. The van der Waals surface area contributed by atoms with Crippen molar-refractivity contribution < 1.29 is 163 Å². The van der Waals surface area contributed by atoms with Crippen LogP contribution in [0, 0.1) is 0 Å². The zero-order valence-corrected chi connectivity index (χ0v) is 45.5. The quantitative estimate of drug-likeness (QED) is 0.0807. The number of aliphatic hydroxyl groups excluding tert-OH is 19. The molecule has 21 aliphatic heterocycles. The van der Waals surface area contributed by atoms with E-state index in [-0.39, 0.29) is 18.1 Å². The highest BCUT2D eigenvalue weighted by atomic mass is 32.2. The molecule has 21 aliphatic rings. The maximum atomic E-state index is 11.7. The summed E-state index contributed by atoms with van der Waals surface area (Å²) in [5.74, 6) is 0.629. The lowest BCUT2D eigenvalue weighted by Gasteiger charge is -2.50. The Hall–Kier alpha value is -0.660. The van der Waals surface area contributed by atoms with E-state index in [2.05, 4.69) is 0 Å². The van der Waals surface area contributed by atoms with Crippen LogP contribution < -0.4 is 5.73 Å². The molecule has 14 bridgehead atoms. The van der Waals surface area contributed by atoms with Gasteiger partial charge in [0.2, 0.25) is 0 Å². The molecular formula is C46H79NO33S2. The lowest BCUT2D eigenvalue weighted by Crippen LogP contribution is -2.68. The summed E-state index contributed by atoms with van der Waals surface area (Å²) in [6.45, 7) is -3.06. The summed E-state index contributed by atoms with van der Waals surface area (Å²) >= 11 is 2.40. The van der Waals surface area contributed by atoms with Gasteiger partial charge in [-0.2, -0.15) is 23.5 Å². The van der Waals surface area contributed by atoms with Gasteiger partial charge in [-0.05, 0) is 5.75 Å². The number of nitrogens with two attached hydrogens (primary N) is 1. The van der Waals surface area contributed by atoms with E-state index in [1.165, 1.54) is 11.8 Å². The van der Waals surface area contributed by atoms with Gasteiger partial charge in [0.05, 0.1) is 45.2 Å². The lowest BCUT2D eigenvalue weighted by atomic mass is 9.95. The Kier molecular flexibility index (Phi) is 24.4. The Labute approximate surface area is 475 Å². The molecule has 0 aromatic rings. The molecule has 0 amide bonds. The van der Waals surface area contributed by atoms with Crippen molar-refractivity contribution in [3.63, 3.8) is 0 Å². The third kappa shape index (κ3) is 14.0. The van der Waals surface area contributed by atoms with E-state index in [1.54, 1.807) is 6.92 Å². The predicted molar refractivity (Wildman–Crippen MR) is 264 cm³/mol. The zero-order valence-electron chi connectivity index (χ0n) is 43.9. The molecule has 82 heavy (non-hydrogen) atoms. The number of ether oxygens (including phenoxy) is 14. The van der Waals surface area contributed by atoms with E-state index >= 15 is 0 Å². The first-order chi connectivity index (χ1) is 39.2. The molecular weight excluding hydrogens is 1160 g/mol. The molecule has 21 heterocycles. The van der Waals surface area contributed by atoms with Crippen molar-refractivity contribution in [3.05, 3.63) is 0 Å². The predicted octanol–water partition coefficient (Wildman–Crippen LogP) is -12.8. The van der Waals surface area contributed by atoms with Crippen LogP contribution in [-0.4, -0.2) is 375 Å². The van der Waals surface area contributed by atoms with E-state index in [4.69, 9.17) is 72.0 Å². The minimum absolute atomic E-state index is 0.0300. The maximum Gasteiger partial charge on any atom is 0.187 e. The van der Waals surface area contributed by atoms with Gasteiger partial charge in [0.15, 0.2) is 44.0 Å². The monoisotopic (exact) mass is 1240 g/mol. The van der Waals surface area contributed by atoms with Gasteiger partial charge in [-0.25, -0.2) is 0 Å². The van der Waals surface area contributed by atoms with Crippen LogP contribution >= 0.6 is 23.5 Å². The van der Waals surface area contributed by atoms with Crippen molar-refractivity contribution in [1.29, 1.82) is 0 Å². The summed E-state index contributed by atoms with van der Waals surface area (Å²) in [6, 6.07) is 0. The molecule has 478 valence electrons. The highest BCUT2D eigenvalue weighted by Gasteiger charge is 2.59. The third-order valence-corrected chi connectivity index (χ3v) is 17.5. The molecule has 21 saturated heterocycles. The summed E-state index contributed by atoms with van der Waals surface area (Å²) in [5, 5.41) is 213. The Balaban J connectivity index is 1.10. The topological polar surface area (TPSA) is 540 Å². The van der Waals surface area contributed by atoms with Crippen LogP contribution in [0.4, 0.5) is 0 Å². The number of aliphatic hydroxyl groups is 19. The van der Waals surface area contributed by atoms with Crippen LogP contribution in [0.2, 0.25) is 0 Å². The van der Waals surface area contributed by atoms with Crippen LogP contribution in [0.25, 0.3) is 0 Å². The highest BCUT2D eigenvalue weighted by Crippen LogP contribution is 2.39. The Morgan fingerprint density at radius 1 is 0.268 bits per heavy atom. The van der Waals surface area contributed by atoms with Gasteiger partial charge in [0, 0.05) is 23.8 Å². The molecule has 21 N–H and O–H groups in total. The van der Waals surface area contributed by atoms with Crippen molar-refractivity contribution in [2.45, 2.75) is 222 Å². The summed E-state index contributed by atoms with van der Waals surface area (Å²) < 4.78 is 82.2. The lowest BCUT2D eigenvalue weighted by molar-refractivity contribution is -0.395. The second-order valence-electron chi connectivity index (χ2n) is 20.8. The third-order valence-electron chi connectivity index (χ3n) is 15.5. The smallest absolute Gasteiger partial charge is 0.187 e. The molecule has 35 atom stereocenters. The number of hydrogen-bond acceptors (Lipinski definition) is 36. The van der Waals surface area contributed by atoms with Gasteiger partial charge >= 0.3 is 0 Å². The van der Waals surface area contributed by atoms with Crippen molar-refractivity contribution in [1.82, 2.24) is 0 Å². The van der Waals surface area contributed by atoms with Crippen molar-refractivity contribution in [2.24, 2.45) is 5.73 Å². The summed E-state index contributed by atoms with van der Waals surface area (Å²) in [7, 11) is 0. The van der Waals surface area contributed by atoms with Crippen molar-refractivity contribution >= 4 is 23.5 Å². The van der Waals surface area contributed by atoms with Crippen LogP contribution in [-0.2, 0) is 66.3 Å². The van der Waals surface area contributed by atoms with Gasteiger partial charge in [0.25, 0.3) is 0 Å². The molecule has 34 nitrogen and oxygen atoms in total.